The molecular weight excluding hydrogens is 450 g/mol. The maximum atomic E-state index is 12.8. The number of ether oxygens (including phenoxy) is 2. The first kappa shape index (κ1) is 23.7. The lowest BCUT2D eigenvalue weighted by molar-refractivity contribution is 0.102. The van der Waals surface area contributed by atoms with E-state index in [1.165, 1.54) is 27.8 Å². The lowest BCUT2D eigenvalue weighted by atomic mass is 10.1. The number of methoxy groups -OCH3 is 2. The Labute approximate surface area is 191 Å². The van der Waals surface area contributed by atoms with Crippen molar-refractivity contribution in [2.45, 2.75) is 18.7 Å². The van der Waals surface area contributed by atoms with E-state index in [0.29, 0.717) is 35.4 Å². The topological polar surface area (TPSA) is 97.8 Å². The summed E-state index contributed by atoms with van der Waals surface area (Å²) in [4.78, 5) is 17.3. The Hall–Kier alpha value is -2.95. The Balaban J connectivity index is 1.84. The summed E-state index contributed by atoms with van der Waals surface area (Å²) < 4.78 is 37.5. The summed E-state index contributed by atoms with van der Waals surface area (Å²) in [6.45, 7) is 4.25. The molecule has 0 spiro atoms. The molecule has 3 rings (SSSR count). The first-order valence-corrected chi connectivity index (χ1v) is 12.3. The monoisotopic (exact) mass is 475 g/mol. The van der Waals surface area contributed by atoms with Crippen LogP contribution in [0.25, 0.3) is 11.3 Å². The molecule has 0 atom stereocenters. The Morgan fingerprint density at radius 3 is 2.50 bits per heavy atom. The number of thiazole rings is 1. The summed E-state index contributed by atoms with van der Waals surface area (Å²) in [7, 11) is -0.516. The molecule has 1 amide bonds. The molecule has 0 saturated heterocycles. The summed E-state index contributed by atoms with van der Waals surface area (Å²) in [6, 6.07) is 11.4. The molecule has 32 heavy (non-hydrogen) atoms. The van der Waals surface area contributed by atoms with E-state index in [2.05, 4.69) is 10.3 Å². The standard InChI is InChI=1S/C22H25N3O5S2/c1-5-25(6-2)32(27,28)17-9-7-8-15(12-17)21(26)24-22-23-19(14-31-22)18-13-16(29-3)10-11-20(18)30-4/h7-14H,5-6H2,1-4H3,(H,23,24,26). The number of carbonyl (C=O) groups excluding carboxylic acids is 1. The molecule has 1 N–H and O–H groups in total. The molecule has 1 heterocycles. The quantitative estimate of drug-likeness (QED) is 0.500. The molecule has 0 fully saturated rings. The molecule has 0 aliphatic carbocycles. The van der Waals surface area contributed by atoms with Crippen LogP contribution in [0.5, 0.6) is 11.5 Å². The van der Waals surface area contributed by atoms with Gasteiger partial charge >= 0.3 is 0 Å². The molecule has 0 unspecified atom stereocenters. The fourth-order valence-electron chi connectivity index (χ4n) is 3.15. The molecule has 8 nitrogen and oxygen atoms in total. The molecule has 0 aliphatic heterocycles. The van der Waals surface area contributed by atoms with Crippen molar-refractivity contribution < 1.29 is 22.7 Å². The minimum Gasteiger partial charge on any atom is -0.497 e. The number of rotatable bonds is 9. The third-order valence-corrected chi connectivity index (χ3v) is 7.65. The Bertz CT molecular complexity index is 1200. The van der Waals surface area contributed by atoms with Crippen LogP contribution in [0.2, 0.25) is 0 Å². The molecule has 3 aromatic rings. The van der Waals surface area contributed by atoms with Gasteiger partial charge in [-0.1, -0.05) is 19.9 Å². The summed E-state index contributed by atoms with van der Waals surface area (Å²) in [5.74, 6) is 0.842. The van der Waals surface area contributed by atoms with E-state index in [-0.39, 0.29) is 10.5 Å². The van der Waals surface area contributed by atoms with Crippen LogP contribution in [0.15, 0.2) is 52.7 Å². The van der Waals surface area contributed by atoms with Gasteiger partial charge in [-0.15, -0.1) is 11.3 Å². The Morgan fingerprint density at radius 1 is 1.09 bits per heavy atom. The highest BCUT2D eigenvalue weighted by atomic mass is 32.2. The first-order chi connectivity index (χ1) is 15.3. The number of hydrogen-bond acceptors (Lipinski definition) is 7. The smallest absolute Gasteiger partial charge is 0.257 e. The largest absolute Gasteiger partial charge is 0.497 e. The van der Waals surface area contributed by atoms with Crippen molar-refractivity contribution in [2.75, 3.05) is 32.6 Å². The number of nitrogens with zero attached hydrogens (tertiary/aromatic N) is 2. The zero-order chi connectivity index (χ0) is 23.3. The van der Waals surface area contributed by atoms with Gasteiger partial charge in [0.15, 0.2) is 5.13 Å². The predicted molar refractivity (Wildman–Crippen MR) is 125 cm³/mol. The second kappa shape index (κ2) is 10.1. The Kier molecular flexibility index (Phi) is 7.49. The zero-order valence-corrected chi connectivity index (χ0v) is 19.9. The summed E-state index contributed by atoms with van der Waals surface area (Å²) in [6.07, 6.45) is 0. The zero-order valence-electron chi connectivity index (χ0n) is 18.3. The van der Waals surface area contributed by atoms with E-state index in [9.17, 15) is 13.2 Å². The minimum absolute atomic E-state index is 0.0785. The van der Waals surface area contributed by atoms with Crippen LogP contribution in [0.4, 0.5) is 5.13 Å². The van der Waals surface area contributed by atoms with Gasteiger partial charge in [-0.3, -0.25) is 10.1 Å². The van der Waals surface area contributed by atoms with E-state index in [4.69, 9.17) is 9.47 Å². The van der Waals surface area contributed by atoms with Gasteiger partial charge in [-0.05, 0) is 36.4 Å². The number of sulfonamides is 1. The number of amides is 1. The van der Waals surface area contributed by atoms with E-state index in [1.807, 2.05) is 0 Å². The minimum atomic E-state index is -3.66. The SMILES string of the molecule is CCN(CC)S(=O)(=O)c1cccc(C(=O)Nc2nc(-c3cc(OC)ccc3OC)cs2)c1. The van der Waals surface area contributed by atoms with Crippen LogP contribution >= 0.6 is 11.3 Å². The second-order valence-electron chi connectivity index (χ2n) is 6.68. The molecule has 0 saturated carbocycles. The van der Waals surface area contributed by atoms with E-state index in [1.54, 1.807) is 63.8 Å². The highest BCUT2D eigenvalue weighted by Crippen LogP contribution is 2.35. The van der Waals surface area contributed by atoms with Gasteiger partial charge in [0.05, 0.1) is 24.8 Å². The highest BCUT2D eigenvalue weighted by Gasteiger charge is 2.23. The fraction of sp³-hybridized carbons (Fsp3) is 0.273. The normalized spacial score (nSPS) is 11.4. The van der Waals surface area contributed by atoms with Gasteiger partial charge < -0.3 is 9.47 Å². The third-order valence-electron chi connectivity index (χ3n) is 4.85. The lowest BCUT2D eigenvalue weighted by Crippen LogP contribution is -2.30. The molecule has 1 aromatic heterocycles. The van der Waals surface area contributed by atoms with Crippen molar-refractivity contribution in [3.05, 3.63) is 53.4 Å². The average molecular weight is 476 g/mol. The van der Waals surface area contributed by atoms with Gasteiger partial charge in [-0.25, -0.2) is 13.4 Å². The molecule has 10 heteroatoms. The number of aromatic nitrogens is 1. The fourth-order valence-corrected chi connectivity index (χ4v) is 5.36. The van der Waals surface area contributed by atoms with Crippen molar-refractivity contribution in [1.29, 1.82) is 0 Å². The second-order valence-corrected chi connectivity index (χ2v) is 9.47. The number of carbonyl (C=O) groups is 1. The molecule has 170 valence electrons. The van der Waals surface area contributed by atoms with Gasteiger partial charge in [0.2, 0.25) is 10.0 Å². The van der Waals surface area contributed by atoms with Crippen molar-refractivity contribution in [1.82, 2.24) is 9.29 Å². The van der Waals surface area contributed by atoms with E-state index < -0.39 is 15.9 Å². The van der Waals surface area contributed by atoms with Gasteiger partial charge in [0.25, 0.3) is 5.91 Å². The number of hydrogen-bond donors (Lipinski definition) is 1. The van der Waals surface area contributed by atoms with Crippen molar-refractivity contribution in [2.24, 2.45) is 0 Å². The van der Waals surface area contributed by atoms with Gasteiger partial charge in [-0.2, -0.15) is 4.31 Å². The van der Waals surface area contributed by atoms with Crippen LogP contribution in [0.3, 0.4) is 0 Å². The van der Waals surface area contributed by atoms with E-state index in [0.717, 1.165) is 5.56 Å². The number of anilines is 1. The number of benzene rings is 2. The van der Waals surface area contributed by atoms with Crippen molar-refractivity contribution in [3.8, 4) is 22.8 Å². The molecular formula is C22H25N3O5S2. The Morgan fingerprint density at radius 2 is 1.84 bits per heavy atom. The first-order valence-electron chi connectivity index (χ1n) is 9.93. The number of nitrogens with one attached hydrogen (secondary N) is 1. The van der Waals surface area contributed by atoms with Crippen LogP contribution in [0.1, 0.15) is 24.2 Å². The third kappa shape index (κ3) is 4.93. The average Bonchev–Trinajstić information content (AvgIpc) is 3.27. The van der Waals surface area contributed by atoms with Gasteiger partial charge in [0, 0.05) is 29.6 Å². The van der Waals surface area contributed by atoms with E-state index >= 15 is 0 Å². The van der Waals surface area contributed by atoms with Gasteiger partial charge in [0.1, 0.15) is 11.5 Å². The molecule has 2 aromatic carbocycles. The summed E-state index contributed by atoms with van der Waals surface area (Å²) >= 11 is 1.26. The maximum Gasteiger partial charge on any atom is 0.257 e. The maximum absolute atomic E-state index is 12.8. The van der Waals surface area contributed by atoms with Crippen LogP contribution in [0, 0.1) is 0 Å². The molecule has 0 radical (unpaired) electrons. The van der Waals surface area contributed by atoms with Crippen molar-refractivity contribution >= 4 is 32.4 Å². The van der Waals surface area contributed by atoms with Crippen LogP contribution in [-0.2, 0) is 10.0 Å². The summed E-state index contributed by atoms with van der Waals surface area (Å²) in [5.41, 5.74) is 1.59. The summed E-state index contributed by atoms with van der Waals surface area (Å²) in [5, 5.41) is 4.92. The van der Waals surface area contributed by atoms with Crippen LogP contribution in [-0.4, -0.2) is 50.9 Å². The predicted octanol–water partition coefficient (Wildman–Crippen LogP) is 4.11. The lowest BCUT2D eigenvalue weighted by Gasteiger charge is -2.18. The molecule has 0 bridgehead atoms. The highest BCUT2D eigenvalue weighted by molar-refractivity contribution is 7.89. The van der Waals surface area contributed by atoms with Crippen molar-refractivity contribution in [3.63, 3.8) is 0 Å². The molecule has 0 aliphatic rings. The van der Waals surface area contributed by atoms with Crippen LogP contribution < -0.4 is 14.8 Å².